The minimum Gasteiger partial charge on any atom is -0.369 e. The Balaban J connectivity index is 1.50. The average molecular weight is 460 g/mol. The highest BCUT2D eigenvalue weighted by Crippen LogP contribution is 2.31. The molecule has 164 valence electrons. The average Bonchev–Trinajstić information content (AvgIpc) is 3.29. The number of thiophene rings is 1. The Kier molecular flexibility index (Phi) is 6.71. The van der Waals surface area contributed by atoms with Crippen molar-refractivity contribution in [3.8, 4) is 0 Å². The summed E-state index contributed by atoms with van der Waals surface area (Å²) in [6.07, 6.45) is 0. The van der Waals surface area contributed by atoms with Gasteiger partial charge in [-0.3, -0.25) is 4.90 Å². The predicted octanol–water partition coefficient (Wildman–Crippen LogP) is 4.12. The number of nitrogens with zero attached hydrogens (tertiary/aromatic N) is 2. The standard InChI is InChI=1S/C23H26FN3O2S2/c1-18(25-31(28,29)21-11-9-19(24)10-12-21)23(22-8-5-17-30-22)27-15-13-26(14-16-27)20-6-3-2-4-7-20/h2-12,17-18,23,25H,13-16H2,1H3/t18-,23-/m0/s1. The van der Waals surface area contributed by atoms with Gasteiger partial charge in [-0.1, -0.05) is 24.3 Å². The van der Waals surface area contributed by atoms with Gasteiger partial charge in [0.1, 0.15) is 5.82 Å². The quantitative estimate of drug-likeness (QED) is 0.578. The summed E-state index contributed by atoms with van der Waals surface area (Å²) < 4.78 is 41.8. The van der Waals surface area contributed by atoms with E-state index >= 15 is 0 Å². The van der Waals surface area contributed by atoms with Crippen molar-refractivity contribution in [3.05, 3.63) is 82.8 Å². The van der Waals surface area contributed by atoms with E-state index < -0.39 is 15.8 Å². The van der Waals surface area contributed by atoms with E-state index in [1.54, 1.807) is 11.3 Å². The van der Waals surface area contributed by atoms with E-state index in [2.05, 4.69) is 32.7 Å². The lowest BCUT2D eigenvalue weighted by Gasteiger charge is -2.42. The van der Waals surface area contributed by atoms with E-state index in [0.29, 0.717) is 0 Å². The second-order valence-electron chi connectivity index (χ2n) is 7.68. The van der Waals surface area contributed by atoms with Crippen molar-refractivity contribution in [1.82, 2.24) is 9.62 Å². The molecule has 2 atom stereocenters. The van der Waals surface area contributed by atoms with Gasteiger partial charge in [-0.2, -0.15) is 0 Å². The van der Waals surface area contributed by atoms with Gasteiger partial charge in [0, 0.05) is 42.8 Å². The SMILES string of the molecule is C[C@H](NS(=O)(=O)c1ccc(F)cc1)[C@@H](c1cccs1)N1CCN(c2ccccc2)CC1. The second kappa shape index (κ2) is 9.48. The number of para-hydroxylation sites is 1. The summed E-state index contributed by atoms with van der Waals surface area (Å²) in [7, 11) is -3.75. The van der Waals surface area contributed by atoms with Crippen LogP contribution in [0.15, 0.2) is 77.0 Å². The fourth-order valence-electron chi connectivity index (χ4n) is 4.09. The lowest BCUT2D eigenvalue weighted by molar-refractivity contribution is 0.164. The third-order valence-electron chi connectivity index (χ3n) is 5.60. The van der Waals surface area contributed by atoms with Crippen LogP contribution < -0.4 is 9.62 Å². The first kappa shape index (κ1) is 22.0. The maximum Gasteiger partial charge on any atom is 0.240 e. The van der Waals surface area contributed by atoms with E-state index in [1.165, 1.54) is 30.0 Å². The molecule has 1 aliphatic heterocycles. The van der Waals surface area contributed by atoms with Crippen molar-refractivity contribution in [3.63, 3.8) is 0 Å². The molecule has 0 unspecified atom stereocenters. The Hall–Kier alpha value is -2.26. The Labute approximate surface area is 187 Å². The van der Waals surface area contributed by atoms with Gasteiger partial charge in [-0.05, 0) is 54.8 Å². The smallest absolute Gasteiger partial charge is 0.240 e. The molecule has 4 rings (SSSR count). The van der Waals surface area contributed by atoms with E-state index in [0.717, 1.165) is 31.1 Å². The Bertz CT molecular complexity index is 1070. The number of halogens is 1. The number of nitrogens with one attached hydrogen (secondary N) is 1. The molecule has 0 radical (unpaired) electrons. The van der Waals surface area contributed by atoms with Crippen molar-refractivity contribution >= 4 is 27.0 Å². The normalized spacial score (nSPS) is 17.4. The van der Waals surface area contributed by atoms with Crippen molar-refractivity contribution in [1.29, 1.82) is 0 Å². The minimum atomic E-state index is -3.75. The first-order valence-corrected chi connectivity index (χ1v) is 12.7. The highest BCUT2D eigenvalue weighted by Gasteiger charge is 2.32. The summed E-state index contributed by atoms with van der Waals surface area (Å²) in [5.74, 6) is -0.459. The largest absolute Gasteiger partial charge is 0.369 e. The fourth-order valence-corrected chi connectivity index (χ4v) is 6.30. The van der Waals surface area contributed by atoms with Crippen LogP contribution in [0.2, 0.25) is 0 Å². The van der Waals surface area contributed by atoms with E-state index in [9.17, 15) is 12.8 Å². The monoisotopic (exact) mass is 459 g/mol. The van der Waals surface area contributed by atoms with Crippen LogP contribution in [0.4, 0.5) is 10.1 Å². The fraction of sp³-hybridized carbons (Fsp3) is 0.304. The zero-order valence-corrected chi connectivity index (χ0v) is 18.9. The molecule has 0 bridgehead atoms. The molecular weight excluding hydrogens is 433 g/mol. The zero-order valence-electron chi connectivity index (χ0n) is 17.3. The Morgan fingerprint density at radius 1 is 0.935 bits per heavy atom. The van der Waals surface area contributed by atoms with Gasteiger partial charge in [0.15, 0.2) is 0 Å². The molecular formula is C23H26FN3O2S2. The summed E-state index contributed by atoms with van der Waals surface area (Å²) in [5, 5.41) is 2.02. The third kappa shape index (κ3) is 5.15. The molecule has 1 N–H and O–H groups in total. The van der Waals surface area contributed by atoms with Crippen LogP contribution >= 0.6 is 11.3 Å². The predicted molar refractivity (Wildman–Crippen MR) is 123 cm³/mol. The van der Waals surface area contributed by atoms with Crippen molar-refractivity contribution in [2.75, 3.05) is 31.1 Å². The highest BCUT2D eigenvalue weighted by atomic mass is 32.2. The van der Waals surface area contributed by atoms with Crippen LogP contribution in [-0.2, 0) is 10.0 Å². The van der Waals surface area contributed by atoms with Crippen LogP contribution in [0.3, 0.4) is 0 Å². The Morgan fingerprint density at radius 3 is 2.23 bits per heavy atom. The molecule has 8 heteroatoms. The number of benzene rings is 2. The van der Waals surface area contributed by atoms with Gasteiger partial charge in [0.25, 0.3) is 0 Å². The van der Waals surface area contributed by atoms with Crippen molar-refractivity contribution in [2.45, 2.75) is 23.9 Å². The summed E-state index contributed by atoms with van der Waals surface area (Å²) in [5.41, 5.74) is 1.21. The van der Waals surface area contributed by atoms with Gasteiger partial charge >= 0.3 is 0 Å². The third-order valence-corrected chi connectivity index (χ3v) is 8.12. The number of anilines is 1. The first-order valence-electron chi connectivity index (χ1n) is 10.3. The lowest BCUT2D eigenvalue weighted by Crippen LogP contribution is -2.52. The minimum absolute atomic E-state index is 0.0691. The summed E-state index contributed by atoms with van der Waals surface area (Å²) >= 11 is 1.63. The molecule has 31 heavy (non-hydrogen) atoms. The van der Waals surface area contributed by atoms with Crippen LogP contribution in [0.1, 0.15) is 17.8 Å². The molecule has 1 aliphatic rings. The molecule has 5 nitrogen and oxygen atoms in total. The maximum atomic E-state index is 13.2. The van der Waals surface area contributed by atoms with Gasteiger partial charge < -0.3 is 4.90 Å². The molecule has 1 aromatic heterocycles. The van der Waals surface area contributed by atoms with E-state index in [4.69, 9.17) is 0 Å². The first-order chi connectivity index (χ1) is 14.9. The summed E-state index contributed by atoms with van der Waals surface area (Å²) in [4.78, 5) is 5.90. The Morgan fingerprint density at radius 2 is 1.61 bits per heavy atom. The zero-order chi connectivity index (χ0) is 21.8. The number of hydrogen-bond donors (Lipinski definition) is 1. The number of rotatable bonds is 7. The molecule has 0 saturated carbocycles. The van der Waals surface area contributed by atoms with Gasteiger partial charge in [0.05, 0.1) is 10.9 Å². The molecule has 3 aromatic rings. The molecule has 0 aliphatic carbocycles. The van der Waals surface area contributed by atoms with E-state index in [1.807, 2.05) is 36.6 Å². The molecule has 0 amide bonds. The van der Waals surface area contributed by atoms with E-state index in [-0.39, 0.29) is 17.0 Å². The molecule has 1 saturated heterocycles. The second-order valence-corrected chi connectivity index (χ2v) is 10.4. The number of piperazine rings is 1. The topological polar surface area (TPSA) is 52.7 Å². The lowest BCUT2D eigenvalue weighted by atomic mass is 10.1. The molecule has 2 heterocycles. The van der Waals surface area contributed by atoms with Gasteiger partial charge in [-0.15, -0.1) is 11.3 Å². The van der Waals surface area contributed by atoms with Crippen LogP contribution in [0.5, 0.6) is 0 Å². The highest BCUT2D eigenvalue weighted by molar-refractivity contribution is 7.89. The number of hydrogen-bond acceptors (Lipinski definition) is 5. The van der Waals surface area contributed by atoms with Gasteiger partial charge in [0.2, 0.25) is 10.0 Å². The van der Waals surface area contributed by atoms with Crippen LogP contribution in [0, 0.1) is 5.82 Å². The molecule has 0 spiro atoms. The van der Waals surface area contributed by atoms with Crippen LogP contribution in [-0.4, -0.2) is 45.5 Å². The maximum absolute atomic E-state index is 13.2. The van der Waals surface area contributed by atoms with Crippen molar-refractivity contribution in [2.24, 2.45) is 0 Å². The molecule has 1 fully saturated rings. The molecule has 2 aromatic carbocycles. The van der Waals surface area contributed by atoms with Crippen LogP contribution in [0.25, 0.3) is 0 Å². The summed E-state index contributed by atoms with van der Waals surface area (Å²) in [6.45, 7) is 5.32. The summed E-state index contributed by atoms with van der Waals surface area (Å²) in [6, 6.07) is 18.9. The van der Waals surface area contributed by atoms with Gasteiger partial charge in [-0.25, -0.2) is 17.5 Å². The number of sulfonamides is 1. The van der Waals surface area contributed by atoms with Crippen molar-refractivity contribution < 1.29 is 12.8 Å².